The molecule has 1 aromatic carbocycles. The molecule has 1 aromatic heterocycles. The average molecular weight is 259 g/mol. The van der Waals surface area contributed by atoms with Gasteiger partial charge in [0, 0.05) is 10.7 Å². The quantitative estimate of drug-likeness (QED) is 0.846. The van der Waals surface area contributed by atoms with Crippen LogP contribution in [0.3, 0.4) is 0 Å². The Bertz CT molecular complexity index is 555. The highest BCUT2D eigenvalue weighted by Gasteiger charge is 2.50. The highest BCUT2D eigenvalue weighted by atomic mass is 32.1. The average Bonchev–Trinajstić information content (AvgIpc) is 2.81. The maximum atomic E-state index is 3.70. The van der Waals surface area contributed by atoms with Gasteiger partial charge in [-0.25, -0.2) is 0 Å². The molecular weight excluding hydrogens is 238 g/mol. The largest absolute Gasteiger partial charge is 0.310 e. The number of hydrogen-bond acceptors (Lipinski definition) is 2. The minimum Gasteiger partial charge on any atom is -0.310 e. The number of nitrogens with one attached hydrogen (secondary N) is 1. The van der Waals surface area contributed by atoms with Crippen LogP contribution in [0.25, 0.3) is 10.1 Å². The van der Waals surface area contributed by atoms with Gasteiger partial charge in [-0.15, -0.1) is 11.3 Å². The summed E-state index contributed by atoms with van der Waals surface area (Å²) in [6, 6.07) is 9.30. The van der Waals surface area contributed by atoms with Gasteiger partial charge >= 0.3 is 0 Å². The van der Waals surface area contributed by atoms with Crippen molar-refractivity contribution in [1.82, 2.24) is 5.32 Å². The minimum atomic E-state index is 0.510. The molecule has 2 atom stereocenters. The number of benzene rings is 1. The second kappa shape index (κ2) is 4.36. The maximum Gasteiger partial charge on any atom is 0.0368 e. The lowest BCUT2D eigenvalue weighted by Gasteiger charge is -2.19. The zero-order chi connectivity index (χ0) is 12.8. The summed E-state index contributed by atoms with van der Waals surface area (Å²) >= 11 is 1.87. The van der Waals surface area contributed by atoms with Crippen LogP contribution >= 0.6 is 11.3 Å². The van der Waals surface area contributed by atoms with Crippen LogP contribution in [0.1, 0.15) is 38.8 Å². The van der Waals surface area contributed by atoms with E-state index < -0.39 is 0 Å². The van der Waals surface area contributed by atoms with Crippen LogP contribution in [0.15, 0.2) is 29.6 Å². The van der Waals surface area contributed by atoms with Crippen molar-refractivity contribution >= 4 is 21.4 Å². The van der Waals surface area contributed by atoms with E-state index in [9.17, 15) is 0 Å². The van der Waals surface area contributed by atoms with Crippen LogP contribution in [0.5, 0.6) is 0 Å². The Labute approximate surface area is 113 Å². The first kappa shape index (κ1) is 12.2. The first-order valence-electron chi connectivity index (χ1n) is 6.83. The second-order valence-corrected chi connectivity index (χ2v) is 6.93. The molecule has 1 aliphatic carbocycles. The van der Waals surface area contributed by atoms with Gasteiger partial charge in [0.1, 0.15) is 0 Å². The molecule has 1 N–H and O–H groups in total. The third-order valence-corrected chi connectivity index (χ3v) is 5.24. The van der Waals surface area contributed by atoms with Gasteiger partial charge in [0.25, 0.3) is 0 Å². The molecule has 3 rings (SSSR count). The number of thiophene rings is 1. The van der Waals surface area contributed by atoms with Crippen molar-refractivity contribution in [3.8, 4) is 0 Å². The Kier molecular flexibility index (Phi) is 2.95. The van der Waals surface area contributed by atoms with Crippen molar-refractivity contribution in [2.24, 2.45) is 11.3 Å². The molecule has 0 amide bonds. The fraction of sp³-hybridized carbons (Fsp3) is 0.500. The van der Waals surface area contributed by atoms with Crippen molar-refractivity contribution in [3.63, 3.8) is 0 Å². The van der Waals surface area contributed by atoms with Gasteiger partial charge in [0.2, 0.25) is 0 Å². The molecule has 1 aliphatic rings. The van der Waals surface area contributed by atoms with Gasteiger partial charge in [0.15, 0.2) is 0 Å². The van der Waals surface area contributed by atoms with E-state index in [1.807, 2.05) is 11.3 Å². The Morgan fingerprint density at radius 1 is 1.39 bits per heavy atom. The molecule has 2 heteroatoms. The normalized spacial score (nSPS) is 23.2. The molecule has 96 valence electrons. The predicted molar refractivity (Wildman–Crippen MR) is 80.1 cm³/mol. The molecule has 2 aromatic rings. The molecule has 1 fully saturated rings. The minimum absolute atomic E-state index is 0.510. The van der Waals surface area contributed by atoms with Crippen molar-refractivity contribution < 1.29 is 0 Å². The highest BCUT2D eigenvalue weighted by Crippen LogP contribution is 2.58. The molecule has 0 bridgehead atoms. The Morgan fingerprint density at radius 2 is 2.11 bits per heavy atom. The van der Waals surface area contributed by atoms with E-state index in [-0.39, 0.29) is 0 Å². The van der Waals surface area contributed by atoms with Crippen molar-refractivity contribution in [1.29, 1.82) is 0 Å². The molecule has 0 radical (unpaired) electrons. The molecule has 0 aliphatic heterocycles. The molecule has 0 spiro atoms. The second-order valence-electron chi connectivity index (χ2n) is 6.02. The molecule has 1 nitrogen and oxygen atoms in total. The Morgan fingerprint density at radius 3 is 2.78 bits per heavy atom. The summed E-state index contributed by atoms with van der Waals surface area (Å²) in [4.78, 5) is 0. The first-order valence-corrected chi connectivity index (χ1v) is 7.71. The van der Waals surface area contributed by atoms with Crippen LogP contribution in [0, 0.1) is 11.3 Å². The van der Waals surface area contributed by atoms with Gasteiger partial charge in [-0.05, 0) is 46.7 Å². The smallest absolute Gasteiger partial charge is 0.0368 e. The van der Waals surface area contributed by atoms with Crippen molar-refractivity contribution in [2.75, 3.05) is 6.54 Å². The highest BCUT2D eigenvalue weighted by molar-refractivity contribution is 7.17. The zero-order valence-corrected chi connectivity index (χ0v) is 12.2. The van der Waals surface area contributed by atoms with Crippen LogP contribution in [-0.4, -0.2) is 6.54 Å². The topological polar surface area (TPSA) is 12.0 Å². The zero-order valence-electron chi connectivity index (χ0n) is 11.4. The molecule has 1 heterocycles. The summed E-state index contributed by atoms with van der Waals surface area (Å²) < 4.78 is 1.41. The molecule has 18 heavy (non-hydrogen) atoms. The Balaban J connectivity index is 2.00. The fourth-order valence-corrected chi connectivity index (χ4v) is 4.00. The van der Waals surface area contributed by atoms with E-state index in [4.69, 9.17) is 0 Å². The third-order valence-electron chi connectivity index (χ3n) is 4.26. The van der Waals surface area contributed by atoms with Crippen LogP contribution in [0.4, 0.5) is 0 Å². The van der Waals surface area contributed by atoms with Crippen LogP contribution in [0.2, 0.25) is 0 Å². The van der Waals surface area contributed by atoms with Crippen LogP contribution < -0.4 is 5.32 Å². The standard InChI is InChI=1S/C16H21NS/c1-4-17-15(13-9-16(13,2)3)12-10-18-14-8-6-5-7-11(12)14/h5-8,10,13,15,17H,4,9H2,1-3H3. The van der Waals surface area contributed by atoms with Gasteiger partial charge in [-0.1, -0.05) is 39.0 Å². The fourth-order valence-electron chi connectivity index (χ4n) is 3.00. The lowest BCUT2D eigenvalue weighted by molar-refractivity contribution is 0.426. The van der Waals surface area contributed by atoms with Gasteiger partial charge in [-0.2, -0.15) is 0 Å². The lowest BCUT2D eigenvalue weighted by Crippen LogP contribution is -2.24. The molecule has 1 saturated carbocycles. The van der Waals surface area contributed by atoms with Crippen molar-refractivity contribution in [3.05, 3.63) is 35.2 Å². The van der Waals surface area contributed by atoms with Gasteiger partial charge in [-0.3, -0.25) is 0 Å². The molecule has 0 saturated heterocycles. The van der Waals surface area contributed by atoms with E-state index in [1.54, 1.807) is 0 Å². The summed E-state index contributed by atoms with van der Waals surface area (Å²) in [5.41, 5.74) is 2.02. The van der Waals surface area contributed by atoms with E-state index in [0.717, 1.165) is 12.5 Å². The van der Waals surface area contributed by atoms with Crippen LogP contribution in [-0.2, 0) is 0 Å². The van der Waals surface area contributed by atoms with Gasteiger partial charge < -0.3 is 5.32 Å². The van der Waals surface area contributed by atoms with E-state index in [1.165, 1.54) is 22.1 Å². The molecular formula is C16H21NS. The predicted octanol–water partition coefficient (Wildman–Crippen LogP) is 4.60. The van der Waals surface area contributed by atoms with E-state index >= 15 is 0 Å². The van der Waals surface area contributed by atoms with E-state index in [0.29, 0.717) is 11.5 Å². The third kappa shape index (κ3) is 1.98. The number of fused-ring (bicyclic) bond motifs is 1. The summed E-state index contributed by atoms with van der Waals surface area (Å²) in [5, 5.41) is 7.50. The first-order chi connectivity index (χ1) is 8.63. The monoisotopic (exact) mass is 259 g/mol. The maximum absolute atomic E-state index is 3.70. The van der Waals surface area contributed by atoms with E-state index in [2.05, 4.69) is 55.7 Å². The SMILES string of the molecule is CCNC(c1csc2ccccc12)C1CC1(C)C. The number of rotatable bonds is 4. The Hall–Kier alpha value is -0.860. The number of hydrogen-bond donors (Lipinski definition) is 1. The lowest BCUT2D eigenvalue weighted by atomic mass is 9.96. The summed E-state index contributed by atoms with van der Waals surface area (Å²) in [7, 11) is 0. The summed E-state index contributed by atoms with van der Waals surface area (Å²) in [6.45, 7) is 8.02. The molecule has 2 unspecified atom stereocenters. The summed E-state index contributed by atoms with van der Waals surface area (Å²) in [5.74, 6) is 0.787. The van der Waals surface area contributed by atoms with Crippen molar-refractivity contribution in [2.45, 2.75) is 33.2 Å². The summed E-state index contributed by atoms with van der Waals surface area (Å²) in [6.07, 6.45) is 1.34. The van der Waals surface area contributed by atoms with Gasteiger partial charge in [0.05, 0.1) is 0 Å².